The minimum absolute atomic E-state index is 0.260. The van der Waals surface area contributed by atoms with E-state index in [0.717, 1.165) is 21.0 Å². The van der Waals surface area contributed by atoms with E-state index < -0.39 is 6.10 Å². The van der Waals surface area contributed by atoms with Gasteiger partial charge in [0.25, 0.3) is 0 Å². The molecular weight excluding hydrogens is 294 g/mol. The minimum Gasteiger partial charge on any atom is -0.490 e. The van der Waals surface area contributed by atoms with E-state index in [1.54, 1.807) is 5.51 Å². The highest BCUT2D eigenvalue weighted by Crippen LogP contribution is 2.25. The number of nitrogens with one attached hydrogen (secondary N) is 1. The quantitative estimate of drug-likeness (QED) is 0.685. The summed E-state index contributed by atoms with van der Waals surface area (Å²) >= 11 is 2.95. The predicted molar refractivity (Wildman–Crippen MR) is 80.4 cm³/mol. The molecule has 0 aliphatic heterocycles. The van der Waals surface area contributed by atoms with Crippen molar-refractivity contribution in [3.63, 3.8) is 0 Å². The number of hydrogen-bond acceptors (Lipinski definition) is 6. The van der Waals surface area contributed by atoms with Crippen molar-refractivity contribution in [2.75, 3.05) is 12.4 Å². The molecule has 3 aromatic rings. The molecule has 1 aromatic carbocycles. The summed E-state index contributed by atoms with van der Waals surface area (Å²) in [6.45, 7) is 0.260. The zero-order chi connectivity index (χ0) is 13.8. The zero-order valence-corrected chi connectivity index (χ0v) is 12.2. The van der Waals surface area contributed by atoms with Crippen LogP contribution in [0, 0.1) is 0 Å². The van der Waals surface area contributed by atoms with Crippen LogP contribution in [-0.4, -0.2) is 38.8 Å². The number of rotatable bonds is 6. The number of aromatic amines is 1. The number of hydrogen-bond donors (Lipinski definition) is 2. The molecule has 104 valence electrons. The molecule has 0 amide bonds. The molecule has 0 saturated carbocycles. The van der Waals surface area contributed by atoms with Crippen LogP contribution < -0.4 is 4.74 Å². The highest BCUT2D eigenvalue weighted by molar-refractivity contribution is 8.01. The van der Waals surface area contributed by atoms with Gasteiger partial charge in [-0.25, -0.2) is 0 Å². The molecule has 0 aliphatic carbocycles. The summed E-state index contributed by atoms with van der Waals surface area (Å²) in [4.78, 5) is 3.13. The first-order chi connectivity index (χ1) is 9.83. The Labute approximate surface area is 124 Å². The molecule has 5 nitrogen and oxygen atoms in total. The number of benzene rings is 1. The summed E-state index contributed by atoms with van der Waals surface area (Å²) in [5, 5.41) is 18.6. The third kappa shape index (κ3) is 3.12. The van der Waals surface area contributed by atoms with Crippen molar-refractivity contribution in [1.29, 1.82) is 0 Å². The molecular formula is C13H13N3O2S2. The van der Waals surface area contributed by atoms with Crippen molar-refractivity contribution in [3.05, 3.63) is 36.0 Å². The summed E-state index contributed by atoms with van der Waals surface area (Å²) in [5.41, 5.74) is 2.71. The SMILES string of the molecule is O[C@@H](COc1cccc2[nH]ccc12)CSc1nncs1. The fourth-order valence-electron chi connectivity index (χ4n) is 1.81. The van der Waals surface area contributed by atoms with Crippen molar-refractivity contribution >= 4 is 34.0 Å². The van der Waals surface area contributed by atoms with Crippen molar-refractivity contribution in [3.8, 4) is 5.75 Å². The van der Waals surface area contributed by atoms with Gasteiger partial charge in [0.15, 0.2) is 4.34 Å². The fraction of sp³-hybridized carbons (Fsp3) is 0.231. The molecule has 0 fully saturated rings. The Morgan fingerprint density at radius 3 is 3.20 bits per heavy atom. The lowest BCUT2D eigenvalue weighted by Crippen LogP contribution is -2.20. The Kier molecular flexibility index (Phi) is 4.19. The van der Waals surface area contributed by atoms with Crippen LogP contribution in [-0.2, 0) is 0 Å². The monoisotopic (exact) mass is 307 g/mol. The molecule has 0 spiro atoms. The number of H-pyrrole nitrogens is 1. The molecule has 2 aromatic heterocycles. The van der Waals surface area contributed by atoms with E-state index in [0.29, 0.717) is 5.75 Å². The van der Waals surface area contributed by atoms with E-state index in [1.807, 2.05) is 30.5 Å². The smallest absolute Gasteiger partial charge is 0.174 e. The number of fused-ring (bicyclic) bond motifs is 1. The molecule has 7 heteroatoms. The van der Waals surface area contributed by atoms with Crippen LogP contribution in [0.15, 0.2) is 40.3 Å². The summed E-state index contributed by atoms with van der Waals surface area (Å²) in [6, 6.07) is 7.79. The van der Waals surface area contributed by atoms with Crippen LogP contribution in [0.1, 0.15) is 0 Å². The predicted octanol–water partition coefficient (Wildman–Crippen LogP) is 2.55. The van der Waals surface area contributed by atoms with Gasteiger partial charge in [-0.3, -0.25) is 0 Å². The molecule has 0 radical (unpaired) electrons. The maximum absolute atomic E-state index is 9.93. The Bertz CT molecular complexity index is 669. The number of aliphatic hydroxyl groups excluding tert-OH is 1. The molecule has 0 unspecified atom stereocenters. The first-order valence-corrected chi connectivity index (χ1v) is 7.95. The molecule has 2 heterocycles. The first-order valence-electron chi connectivity index (χ1n) is 6.09. The molecule has 3 rings (SSSR count). The van der Waals surface area contributed by atoms with Gasteiger partial charge in [0.1, 0.15) is 17.9 Å². The van der Waals surface area contributed by atoms with E-state index in [4.69, 9.17) is 4.74 Å². The largest absolute Gasteiger partial charge is 0.490 e. The average molecular weight is 307 g/mol. The first kappa shape index (κ1) is 13.4. The second kappa shape index (κ2) is 6.25. The Morgan fingerprint density at radius 2 is 2.35 bits per heavy atom. The lowest BCUT2D eigenvalue weighted by atomic mass is 10.2. The number of thioether (sulfide) groups is 1. The average Bonchev–Trinajstić information content (AvgIpc) is 3.13. The summed E-state index contributed by atoms with van der Waals surface area (Å²) < 4.78 is 6.55. The van der Waals surface area contributed by atoms with Gasteiger partial charge in [0.05, 0.1) is 6.10 Å². The molecule has 2 N–H and O–H groups in total. The van der Waals surface area contributed by atoms with Crippen LogP contribution in [0.4, 0.5) is 0 Å². The zero-order valence-electron chi connectivity index (χ0n) is 10.5. The van der Waals surface area contributed by atoms with Crippen LogP contribution in [0.5, 0.6) is 5.75 Å². The second-order valence-corrected chi connectivity index (χ2v) is 6.28. The highest BCUT2D eigenvalue weighted by Gasteiger charge is 2.09. The standard InChI is InChI=1S/C13H13N3O2S2/c17-9(7-19-13-16-15-8-20-13)6-18-12-3-1-2-11-10(12)4-5-14-11/h1-5,8-9,14,17H,6-7H2/t9-/m0/s1. The fourth-order valence-corrected chi connectivity index (χ4v) is 3.23. The van der Waals surface area contributed by atoms with Gasteiger partial charge >= 0.3 is 0 Å². The van der Waals surface area contributed by atoms with Crippen molar-refractivity contribution in [2.24, 2.45) is 0 Å². The molecule has 1 atom stereocenters. The van der Waals surface area contributed by atoms with Crippen molar-refractivity contribution < 1.29 is 9.84 Å². The van der Waals surface area contributed by atoms with Crippen molar-refractivity contribution in [1.82, 2.24) is 15.2 Å². The van der Waals surface area contributed by atoms with Crippen LogP contribution in [0.2, 0.25) is 0 Å². The number of ether oxygens (including phenoxy) is 1. The van der Waals surface area contributed by atoms with E-state index in [2.05, 4.69) is 15.2 Å². The van der Waals surface area contributed by atoms with E-state index in [1.165, 1.54) is 23.1 Å². The molecule has 20 heavy (non-hydrogen) atoms. The Balaban J connectivity index is 1.55. The third-order valence-electron chi connectivity index (χ3n) is 2.73. The normalized spacial score (nSPS) is 12.7. The van der Waals surface area contributed by atoms with Gasteiger partial charge in [-0.1, -0.05) is 29.2 Å². The lowest BCUT2D eigenvalue weighted by Gasteiger charge is -2.12. The minimum atomic E-state index is -0.543. The number of nitrogens with zero attached hydrogens (tertiary/aromatic N) is 2. The van der Waals surface area contributed by atoms with Gasteiger partial charge < -0.3 is 14.8 Å². The maximum Gasteiger partial charge on any atom is 0.174 e. The van der Waals surface area contributed by atoms with E-state index in [-0.39, 0.29) is 6.61 Å². The second-order valence-electron chi connectivity index (χ2n) is 4.18. The third-order valence-corrected chi connectivity index (χ3v) is 4.73. The van der Waals surface area contributed by atoms with Gasteiger partial charge in [0.2, 0.25) is 0 Å². The summed E-state index contributed by atoms with van der Waals surface area (Å²) in [6.07, 6.45) is 1.33. The van der Waals surface area contributed by atoms with Gasteiger partial charge in [-0.2, -0.15) is 0 Å². The number of aliphatic hydroxyl groups is 1. The van der Waals surface area contributed by atoms with Crippen molar-refractivity contribution in [2.45, 2.75) is 10.4 Å². The molecule has 0 aliphatic rings. The van der Waals surface area contributed by atoms with E-state index in [9.17, 15) is 5.11 Å². The maximum atomic E-state index is 9.93. The summed E-state index contributed by atoms with van der Waals surface area (Å²) in [5.74, 6) is 1.32. The van der Waals surface area contributed by atoms with Crippen LogP contribution in [0.25, 0.3) is 10.9 Å². The van der Waals surface area contributed by atoms with E-state index >= 15 is 0 Å². The topological polar surface area (TPSA) is 71.0 Å². The summed E-state index contributed by atoms with van der Waals surface area (Å²) in [7, 11) is 0. The Hall–Kier alpha value is -1.57. The Morgan fingerprint density at radius 1 is 1.40 bits per heavy atom. The van der Waals surface area contributed by atoms with Gasteiger partial charge in [-0.15, -0.1) is 10.2 Å². The number of aromatic nitrogens is 3. The van der Waals surface area contributed by atoms with Crippen LogP contribution >= 0.6 is 23.1 Å². The van der Waals surface area contributed by atoms with Crippen LogP contribution in [0.3, 0.4) is 0 Å². The molecule has 0 bridgehead atoms. The van der Waals surface area contributed by atoms with Gasteiger partial charge in [-0.05, 0) is 18.2 Å². The lowest BCUT2D eigenvalue weighted by molar-refractivity contribution is 0.127. The molecule has 0 saturated heterocycles. The van der Waals surface area contributed by atoms with Gasteiger partial charge in [0, 0.05) is 22.9 Å². The highest BCUT2D eigenvalue weighted by atomic mass is 32.2.